The zero-order valence-electron chi connectivity index (χ0n) is 9.70. The number of nitrogens with one attached hydrogen (secondary N) is 1. The van der Waals surface area contributed by atoms with E-state index in [0.29, 0.717) is 11.4 Å². The Morgan fingerprint density at radius 2 is 2.29 bits per heavy atom. The molecule has 0 saturated heterocycles. The molecular weight excluding hydrogens is 223 g/mol. The third-order valence-corrected chi connectivity index (χ3v) is 2.39. The van der Waals surface area contributed by atoms with Crippen LogP contribution in [-0.4, -0.2) is 19.7 Å². The van der Waals surface area contributed by atoms with Crippen LogP contribution in [0, 0.1) is 12.7 Å². The topological polar surface area (TPSA) is 63.6 Å². The van der Waals surface area contributed by atoms with Crippen molar-refractivity contribution in [3.05, 3.63) is 34.3 Å². The lowest BCUT2D eigenvalue weighted by Crippen LogP contribution is -2.15. The summed E-state index contributed by atoms with van der Waals surface area (Å²) in [6, 6.07) is 0. The molecule has 1 N–H and O–H groups in total. The van der Waals surface area contributed by atoms with E-state index in [-0.39, 0.29) is 5.69 Å². The first-order chi connectivity index (χ1) is 8.11. The molecule has 0 aliphatic rings. The maximum Gasteiger partial charge on any atom is 0.287 e. The van der Waals surface area contributed by atoms with Gasteiger partial charge in [-0.05, 0) is 13.3 Å². The van der Waals surface area contributed by atoms with Gasteiger partial charge >= 0.3 is 0 Å². The van der Waals surface area contributed by atoms with Crippen LogP contribution in [0.25, 0.3) is 11.4 Å². The zero-order valence-corrected chi connectivity index (χ0v) is 9.70. The van der Waals surface area contributed by atoms with Gasteiger partial charge in [-0.1, -0.05) is 6.92 Å². The molecule has 0 atom stereocenters. The van der Waals surface area contributed by atoms with Crippen LogP contribution in [0.3, 0.4) is 0 Å². The molecule has 0 aromatic carbocycles. The van der Waals surface area contributed by atoms with Gasteiger partial charge in [-0.2, -0.15) is 9.49 Å². The van der Waals surface area contributed by atoms with Crippen LogP contribution in [0.15, 0.2) is 17.2 Å². The first kappa shape index (κ1) is 11.5. The highest BCUT2D eigenvalue weighted by molar-refractivity contribution is 5.51. The van der Waals surface area contributed by atoms with E-state index in [1.54, 1.807) is 17.1 Å². The first-order valence-corrected chi connectivity index (χ1v) is 5.41. The van der Waals surface area contributed by atoms with E-state index in [4.69, 9.17) is 0 Å². The molecular formula is C11H13FN4O. The number of halogens is 1. The molecule has 0 amide bonds. The lowest BCUT2D eigenvalue weighted by atomic mass is 10.3. The fraction of sp³-hybridized carbons (Fsp3) is 0.364. The molecule has 90 valence electrons. The molecule has 0 unspecified atom stereocenters. The molecule has 0 saturated carbocycles. The van der Waals surface area contributed by atoms with Gasteiger partial charge < -0.3 is 4.98 Å². The summed E-state index contributed by atoms with van der Waals surface area (Å²) >= 11 is 0. The van der Waals surface area contributed by atoms with Crippen molar-refractivity contribution < 1.29 is 4.39 Å². The summed E-state index contributed by atoms with van der Waals surface area (Å²) in [5.41, 5.74) is 0.0152. The first-order valence-electron chi connectivity index (χ1n) is 5.41. The second-order valence-electron chi connectivity index (χ2n) is 3.81. The smallest absolute Gasteiger partial charge is 0.287 e. The van der Waals surface area contributed by atoms with Gasteiger partial charge in [0.2, 0.25) is 5.82 Å². The predicted octanol–water partition coefficient (Wildman–Crippen LogP) is 1.49. The SMILES string of the molecule is CCCn1cc(-c2nc(C)c(F)c(=O)[nH]2)cn1. The summed E-state index contributed by atoms with van der Waals surface area (Å²) in [5, 5.41) is 4.12. The number of hydrogen-bond acceptors (Lipinski definition) is 3. The normalized spacial score (nSPS) is 10.8. The van der Waals surface area contributed by atoms with Gasteiger partial charge in [0.1, 0.15) is 5.82 Å². The molecule has 0 aliphatic heterocycles. The van der Waals surface area contributed by atoms with E-state index in [0.717, 1.165) is 13.0 Å². The summed E-state index contributed by atoms with van der Waals surface area (Å²) in [5.74, 6) is -0.494. The van der Waals surface area contributed by atoms with Crippen molar-refractivity contribution in [3.63, 3.8) is 0 Å². The monoisotopic (exact) mass is 236 g/mol. The van der Waals surface area contributed by atoms with Crippen LogP contribution in [0.2, 0.25) is 0 Å². The van der Waals surface area contributed by atoms with Crippen molar-refractivity contribution in [2.45, 2.75) is 26.8 Å². The second-order valence-corrected chi connectivity index (χ2v) is 3.81. The Hall–Kier alpha value is -1.98. The molecule has 2 aromatic heterocycles. The van der Waals surface area contributed by atoms with Crippen LogP contribution >= 0.6 is 0 Å². The largest absolute Gasteiger partial charge is 0.304 e. The minimum Gasteiger partial charge on any atom is -0.304 e. The lowest BCUT2D eigenvalue weighted by Gasteiger charge is -1.99. The number of rotatable bonds is 3. The van der Waals surface area contributed by atoms with Crippen LogP contribution in [-0.2, 0) is 6.54 Å². The number of nitrogens with zero attached hydrogens (tertiary/aromatic N) is 3. The van der Waals surface area contributed by atoms with E-state index >= 15 is 0 Å². The van der Waals surface area contributed by atoms with Gasteiger partial charge in [0, 0.05) is 12.7 Å². The maximum absolute atomic E-state index is 13.1. The molecule has 2 heterocycles. The van der Waals surface area contributed by atoms with Gasteiger partial charge in [-0.15, -0.1) is 0 Å². The summed E-state index contributed by atoms with van der Waals surface area (Å²) in [6.07, 6.45) is 4.35. The Morgan fingerprint density at radius 1 is 1.53 bits per heavy atom. The van der Waals surface area contributed by atoms with E-state index in [1.807, 2.05) is 6.92 Å². The summed E-state index contributed by atoms with van der Waals surface area (Å²) in [4.78, 5) is 17.7. The quantitative estimate of drug-likeness (QED) is 0.878. The van der Waals surface area contributed by atoms with Gasteiger partial charge in [0.05, 0.1) is 17.5 Å². The molecule has 2 aromatic rings. The van der Waals surface area contributed by atoms with Crippen molar-refractivity contribution in [1.82, 2.24) is 19.7 Å². The Balaban J connectivity index is 2.42. The van der Waals surface area contributed by atoms with Crippen molar-refractivity contribution in [1.29, 1.82) is 0 Å². The third kappa shape index (κ3) is 2.25. The van der Waals surface area contributed by atoms with Gasteiger partial charge in [-0.25, -0.2) is 4.98 Å². The number of H-pyrrole nitrogens is 1. The maximum atomic E-state index is 13.1. The van der Waals surface area contributed by atoms with E-state index in [1.165, 1.54) is 6.92 Å². The third-order valence-electron chi connectivity index (χ3n) is 2.39. The minimum atomic E-state index is -0.838. The average molecular weight is 236 g/mol. The molecule has 17 heavy (non-hydrogen) atoms. The molecule has 0 bridgehead atoms. The average Bonchev–Trinajstić information content (AvgIpc) is 2.74. The fourth-order valence-electron chi connectivity index (χ4n) is 1.55. The molecule has 6 heteroatoms. The van der Waals surface area contributed by atoms with Crippen molar-refractivity contribution in [3.8, 4) is 11.4 Å². The van der Waals surface area contributed by atoms with Crippen LogP contribution in [0.5, 0.6) is 0 Å². The van der Waals surface area contributed by atoms with Crippen molar-refractivity contribution in [2.24, 2.45) is 0 Å². The number of aromatic nitrogens is 4. The van der Waals surface area contributed by atoms with Gasteiger partial charge in [-0.3, -0.25) is 9.48 Å². The predicted molar refractivity (Wildman–Crippen MR) is 61.1 cm³/mol. The Bertz CT molecular complexity index is 587. The van der Waals surface area contributed by atoms with E-state index in [9.17, 15) is 9.18 Å². The lowest BCUT2D eigenvalue weighted by molar-refractivity contribution is 0.589. The Morgan fingerprint density at radius 3 is 2.94 bits per heavy atom. The molecule has 2 rings (SSSR count). The Labute approximate surface area is 97.3 Å². The number of aromatic amines is 1. The molecule has 0 aliphatic carbocycles. The fourth-order valence-corrected chi connectivity index (χ4v) is 1.55. The highest BCUT2D eigenvalue weighted by Crippen LogP contribution is 2.13. The summed E-state index contributed by atoms with van der Waals surface area (Å²) in [6.45, 7) is 4.30. The molecule has 5 nitrogen and oxygen atoms in total. The highest BCUT2D eigenvalue weighted by atomic mass is 19.1. The second kappa shape index (κ2) is 4.48. The number of hydrogen-bond donors (Lipinski definition) is 1. The van der Waals surface area contributed by atoms with Gasteiger partial charge in [0.15, 0.2) is 0 Å². The van der Waals surface area contributed by atoms with Crippen LogP contribution in [0.4, 0.5) is 4.39 Å². The Kier molecular flexibility index (Phi) is 3.03. The van der Waals surface area contributed by atoms with Crippen molar-refractivity contribution >= 4 is 0 Å². The molecule has 0 radical (unpaired) electrons. The highest BCUT2D eigenvalue weighted by Gasteiger charge is 2.09. The zero-order chi connectivity index (χ0) is 12.4. The van der Waals surface area contributed by atoms with E-state index < -0.39 is 11.4 Å². The number of aryl methyl sites for hydroxylation is 2. The van der Waals surface area contributed by atoms with Crippen LogP contribution < -0.4 is 5.56 Å². The van der Waals surface area contributed by atoms with E-state index in [2.05, 4.69) is 15.1 Å². The molecule has 0 spiro atoms. The van der Waals surface area contributed by atoms with Gasteiger partial charge in [0.25, 0.3) is 5.56 Å². The summed E-state index contributed by atoms with van der Waals surface area (Å²) in [7, 11) is 0. The summed E-state index contributed by atoms with van der Waals surface area (Å²) < 4.78 is 14.9. The van der Waals surface area contributed by atoms with Crippen LogP contribution in [0.1, 0.15) is 19.0 Å². The standard InChI is InChI=1S/C11H13FN4O/c1-3-4-16-6-8(5-13-16)10-14-7(2)9(12)11(17)15-10/h5-6H,3-4H2,1-2H3,(H,14,15,17). The minimum absolute atomic E-state index is 0.0898. The van der Waals surface area contributed by atoms with Crippen molar-refractivity contribution in [2.75, 3.05) is 0 Å². The molecule has 0 fully saturated rings.